The minimum Gasteiger partial charge on any atom is -0.497 e. The molecule has 1 fully saturated rings. The number of benzene rings is 2. The summed E-state index contributed by atoms with van der Waals surface area (Å²) in [5.41, 5.74) is 0.498. The summed E-state index contributed by atoms with van der Waals surface area (Å²) in [7, 11) is -0.561. The SMILES string of the molecule is COc1ccc(S(=O)(=O)N2CCC(C(=O)Nc3cc(Cl)ccc3OC)CC2)cc1. The third kappa shape index (κ3) is 4.83. The van der Waals surface area contributed by atoms with Crippen LogP contribution in [0.25, 0.3) is 0 Å². The molecule has 1 amide bonds. The van der Waals surface area contributed by atoms with Crippen LogP contribution in [-0.2, 0) is 14.8 Å². The van der Waals surface area contributed by atoms with Gasteiger partial charge in [-0.25, -0.2) is 8.42 Å². The average molecular weight is 439 g/mol. The Morgan fingerprint density at radius 3 is 2.31 bits per heavy atom. The molecule has 0 aliphatic carbocycles. The van der Waals surface area contributed by atoms with Crippen LogP contribution in [0.5, 0.6) is 11.5 Å². The molecule has 0 aromatic heterocycles. The van der Waals surface area contributed by atoms with Gasteiger partial charge in [0, 0.05) is 24.0 Å². The molecule has 1 aliphatic rings. The Morgan fingerprint density at radius 2 is 1.72 bits per heavy atom. The van der Waals surface area contributed by atoms with E-state index in [4.69, 9.17) is 21.1 Å². The lowest BCUT2D eigenvalue weighted by Gasteiger charge is -2.30. The van der Waals surface area contributed by atoms with Gasteiger partial charge in [-0.3, -0.25) is 4.79 Å². The summed E-state index contributed by atoms with van der Waals surface area (Å²) in [4.78, 5) is 12.9. The Morgan fingerprint density at radius 1 is 1.07 bits per heavy atom. The predicted molar refractivity (Wildman–Crippen MR) is 111 cm³/mol. The van der Waals surface area contributed by atoms with Crippen molar-refractivity contribution in [2.45, 2.75) is 17.7 Å². The quantitative estimate of drug-likeness (QED) is 0.747. The van der Waals surface area contributed by atoms with Crippen LogP contribution < -0.4 is 14.8 Å². The van der Waals surface area contributed by atoms with E-state index < -0.39 is 10.0 Å². The van der Waals surface area contributed by atoms with Crippen LogP contribution >= 0.6 is 11.6 Å². The molecule has 0 saturated carbocycles. The summed E-state index contributed by atoms with van der Waals surface area (Å²) in [6, 6.07) is 11.3. The summed E-state index contributed by atoms with van der Waals surface area (Å²) in [6.45, 7) is 0.554. The molecule has 1 heterocycles. The second-order valence-corrected chi connectivity index (χ2v) is 9.06. The number of halogens is 1. The van der Waals surface area contributed by atoms with Gasteiger partial charge in [-0.15, -0.1) is 0 Å². The van der Waals surface area contributed by atoms with Crippen molar-refractivity contribution in [3.63, 3.8) is 0 Å². The highest BCUT2D eigenvalue weighted by Gasteiger charge is 2.32. The van der Waals surface area contributed by atoms with E-state index in [-0.39, 0.29) is 29.8 Å². The fourth-order valence-electron chi connectivity index (χ4n) is 3.27. The first-order chi connectivity index (χ1) is 13.8. The largest absolute Gasteiger partial charge is 0.497 e. The van der Waals surface area contributed by atoms with Gasteiger partial charge in [0.05, 0.1) is 24.8 Å². The van der Waals surface area contributed by atoms with Crippen molar-refractivity contribution in [1.29, 1.82) is 0 Å². The Hall–Kier alpha value is -2.29. The summed E-state index contributed by atoms with van der Waals surface area (Å²) >= 11 is 6.00. The summed E-state index contributed by atoms with van der Waals surface area (Å²) < 4.78 is 37.4. The molecule has 0 bridgehead atoms. The minimum absolute atomic E-state index is 0.174. The van der Waals surface area contributed by atoms with Gasteiger partial charge in [-0.2, -0.15) is 4.31 Å². The number of nitrogens with one attached hydrogen (secondary N) is 1. The Labute approximate surface area is 175 Å². The van der Waals surface area contributed by atoms with E-state index in [1.54, 1.807) is 30.3 Å². The molecule has 1 aliphatic heterocycles. The van der Waals surface area contributed by atoms with Crippen LogP contribution in [0.15, 0.2) is 47.4 Å². The van der Waals surface area contributed by atoms with Crippen LogP contribution in [-0.4, -0.2) is 45.9 Å². The van der Waals surface area contributed by atoms with E-state index in [0.717, 1.165) is 0 Å². The van der Waals surface area contributed by atoms with Crippen molar-refractivity contribution in [3.05, 3.63) is 47.5 Å². The van der Waals surface area contributed by atoms with Crippen LogP contribution in [0.3, 0.4) is 0 Å². The first-order valence-electron chi connectivity index (χ1n) is 9.13. The molecule has 29 heavy (non-hydrogen) atoms. The highest BCUT2D eigenvalue weighted by molar-refractivity contribution is 7.89. The average Bonchev–Trinajstić information content (AvgIpc) is 2.74. The van der Waals surface area contributed by atoms with Crippen molar-refractivity contribution < 1.29 is 22.7 Å². The second kappa shape index (κ2) is 9.02. The fraction of sp³-hybridized carbons (Fsp3) is 0.350. The van der Waals surface area contributed by atoms with Crippen molar-refractivity contribution in [1.82, 2.24) is 4.31 Å². The number of hydrogen-bond acceptors (Lipinski definition) is 5. The highest BCUT2D eigenvalue weighted by Crippen LogP contribution is 2.30. The number of nitrogens with zero attached hydrogens (tertiary/aromatic N) is 1. The lowest BCUT2D eigenvalue weighted by molar-refractivity contribution is -0.120. The second-order valence-electron chi connectivity index (χ2n) is 6.69. The molecule has 0 radical (unpaired) electrons. The van der Waals surface area contributed by atoms with Gasteiger partial charge in [-0.1, -0.05) is 11.6 Å². The molecule has 2 aromatic carbocycles. The van der Waals surface area contributed by atoms with Gasteiger partial charge in [0.1, 0.15) is 11.5 Å². The normalized spacial score (nSPS) is 15.7. The van der Waals surface area contributed by atoms with Crippen LogP contribution in [0.1, 0.15) is 12.8 Å². The van der Waals surface area contributed by atoms with E-state index in [9.17, 15) is 13.2 Å². The molecular formula is C20H23ClN2O5S. The molecule has 0 atom stereocenters. The van der Waals surface area contributed by atoms with E-state index in [1.807, 2.05) is 0 Å². The van der Waals surface area contributed by atoms with Crippen molar-refractivity contribution >= 4 is 33.2 Å². The third-order valence-corrected chi connectivity index (χ3v) is 7.09. The molecular weight excluding hydrogens is 416 g/mol. The van der Waals surface area contributed by atoms with E-state index in [1.165, 1.54) is 30.7 Å². The van der Waals surface area contributed by atoms with E-state index >= 15 is 0 Å². The maximum Gasteiger partial charge on any atom is 0.243 e. The zero-order valence-corrected chi connectivity index (χ0v) is 17.8. The number of piperidine rings is 1. The van der Waals surface area contributed by atoms with E-state index in [0.29, 0.717) is 35.1 Å². The number of amides is 1. The zero-order valence-electron chi connectivity index (χ0n) is 16.2. The predicted octanol–water partition coefficient (Wildman–Crippen LogP) is 3.40. The van der Waals surface area contributed by atoms with Crippen LogP contribution in [0.2, 0.25) is 5.02 Å². The standard InChI is InChI=1S/C20H23ClN2O5S/c1-27-16-4-6-17(7-5-16)29(25,26)23-11-9-14(10-12-23)20(24)22-18-13-15(21)3-8-19(18)28-2/h3-8,13-14H,9-12H2,1-2H3,(H,22,24). The fourth-order valence-corrected chi connectivity index (χ4v) is 4.91. The molecule has 1 N–H and O–H groups in total. The summed E-state index contributed by atoms with van der Waals surface area (Å²) in [5.74, 6) is 0.645. The van der Waals surface area contributed by atoms with Crippen LogP contribution in [0, 0.1) is 5.92 Å². The highest BCUT2D eigenvalue weighted by atomic mass is 35.5. The number of ether oxygens (including phenoxy) is 2. The zero-order chi connectivity index (χ0) is 21.0. The Balaban J connectivity index is 1.64. The number of carbonyl (C=O) groups excluding carboxylic acids is 1. The maximum atomic E-state index is 12.8. The number of methoxy groups -OCH3 is 2. The lowest BCUT2D eigenvalue weighted by atomic mass is 9.97. The molecule has 1 saturated heterocycles. The van der Waals surface area contributed by atoms with Gasteiger partial charge in [0.25, 0.3) is 0 Å². The summed E-state index contributed by atoms with van der Waals surface area (Å²) in [6.07, 6.45) is 0.869. The van der Waals surface area contributed by atoms with Crippen molar-refractivity contribution in [3.8, 4) is 11.5 Å². The minimum atomic E-state index is -3.60. The van der Waals surface area contributed by atoms with Gasteiger partial charge in [-0.05, 0) is 55.3 Å². The smallest absolute Gasteiger partial charge is 0.243 e. The van der Waals surface area contributed by atoms with Gasteiger partial charge in [0.2, 0.25) is 15.9 Å². The van der Waals surface area contributed by atoms with Crippen LogP contribution in [0.4, 0.5) is 5.69 Å². The topological polar surface area (TPSA) is 84.9 Å². The molecule has 0 unspecified atom stereocenters. The Bertz CT molecular complexity index is 971. The number of hydrogen-bond donors (Lipinski definition) is 1. The van der Waals surface area contributed by atoms with E-state index in [2.05, 4.69) is 5.32 Å². The Kier molecular flexibility index (Phi) is 6.66. The molecule has 0 spiro atoms. The number of carbonyl (C=O) groups is 1. The van der Waals surface area contributed by atoms with Gasteiger partial charge >= 0.3 is 0 Å². The molecule has 156 valence electrons. The third-order valence-electron chi connectivity index (χ3n) is 4.94. The van der Waals surface area contributed by atoms with Crippen molar-refractivity contribution in [2.75, 3.05) is 32.6 Å². The number of rotatable bonds is 6. The lowest BCUT2D eigenvalue weighted by Crippen LogP contribution is -2.41. The number of anilines is 1. The molecule has 9 heteroatoms. The van der Waals surface area contributed by atoms with Gasteiger partial charge in [0.15, 0.2) is 0 Å². The summed E-state index contributed by atoms with van der Waals surface area (Å²) in [5, 5.41) is 3.33. The molecule has 3 rings (SSSR count). The molecule has 7 nitrogen and oxygen atoms in total. The first-order valence-corrected chi connectivity index (χ1v) is 11.0. The van der Waals surface area contributed by atoms with Crippen molar-refractivity contribution in [2.24, 2.45) is 5.92 Å². The molecule has 2 aromatic rings. The number of sulfonamides is 1. The first kappa shape index (κ1) is 21.4. The monoisotopic (exact) mass is 438 g/mol. The van der Waals surface area contributed by atoms with Gasteiger partial charge < -0.3 is 14.8 Å². The maximum absolute atomic E-state index is 12.8.